The summed E-state index contributed by atoms with van der Waals surface area (Å²) >= 11 is 3.39. The van der Waals surface area contributed by atoms with E-state index in [4.69, 9.17) is 10.5 Å². The SMILES string of the molecule is NCc1cc(Br)ccc1OCCn1ccccc1=O. The first-order chi connectivity index (χ1) is 9.20. The Bertz CT molecular complexity index is 610. The number of pyridine rings is 1. The number of rotatable bonds is 5. The Hall–Kier alpha value is -1.59. The Balaban J connectivity index is 2.00. The molecule has 1 aromatic carbocycles. The summed E-state index contributed by atoms with van der Waals surface area (Å²) in [5.74, 6) is 0.759. The van der Waals surface area contributed by atoms with Crippen molar-refractivity contribution in [2.24, 2.45) is 5.73 Å². The Kier molecular flexibility index (Phi) is 4.76. The predicted molar refractivity (Wildman–Crippen MR) is 78.2 cm³/mol. The van der Waals surface area contributed by atoms with Crippen LogP contribution in [-0.4, -0.2) is 11.2 Å². The molecule has 4 nitrogen and oxygen atoms in total. The lowest BCUT2D eigenvalue weighted by Crippen LogP contribution is -2.21. The number of nitrogens with two attached hydrogens (primary N) is 1. The van der Waals surface area contributed by atoms with Crippen LogP contribution in [0.4, 0.5) is 0 Å². The number of hydrogen-bond acceptors (Lipinski definition) is 3. The van der Waals surface area contributed by atoms with Crippen molar-refractivity contribution in [3.05, 3.63) is 63.0 Å². The van der Waals surface area contributed by atoms with Gasteiger partial charge in [0, 0.05) is 28.8 Å². The standard InChI is InChI=1S/C14H15BrN2O2/c15-12-4-5-13(11(9-12)10-16)19-8-7-17-6-2-1-3-14(17)18/h1-6,9H,7-8,10,16H2. The first-order valence-electron chi connectivity index (χ1n) is 5.97. The summed E-state index contributed by atoms with van der Waals surface area (Å²) in [6.07, 6.45) is 1.75. The molecule has 2 N–H and O–H groups in total. The van der Waals surface area contributed by atoms with Crippen molar-refractivity contribution < 1.29 is 4.74 Å². The molecule has 1 aromatic heterocycles. The van der Waals surface area contributed by atoms with Gasteiger partial charge in [0.25, 0.3) is 5.56 Å². The summed E-state index contributed by atoms with van der Waals surface area (Å²) in [5, 5.41) is 0. The summed E-state index contributed by atoms with van der Waals surface area (Å²) in [6, 6.07) is 10.8. The van der Waals surface area contributed by atoms with Crippen LogP contribution in [0.15, 0.2) is 51.9 Å². The molecular weight excluding hydrogens is 308 g/mol. The maximum atomic E-state index is 11.5. The number of ether oxygens (including phenoxy) is 1. The number of halogens is 1. The zero-order chi connectivity index (χ0) is 13.7. The molecule has 100 valence electrons. The lowest BCUT2D eigenvalue weighted by atomic mass is 10.2. The van der Waals surface area contributed by atoms with Gasteiger partial charge in [0.05, 0.1) is 6.54 Å². The molecule has 0 aliphatic rings. The molecule has 5 heteroatoms. The normalized spacial score (nSPS) is 10.4. The van der Waals surface area contributed by atoms with Crippen molar-refractivity contribution in [2.75, 3.05) is 6.61 Å². The van der Waals surface area contributed by atoms with E-state index in [2.05, 4.69) is 15.9 Å². The van der Waals surface area contributed by atoms with Crippen LogP contribution in [0.25, 0.3) is 0 Å². The van der Waals surface area contributed by atoms with Gasteiger partial charge < -0.3 is 15.0 Å². The van der Waals surface area contributed by atoms with Gasteiger partial charge in [-0.05, 0) is 24.3 Å². The van der Waals surface area contributed by atoms with Gasteiger partial charge >= 0.3 is 0 Å². The van der Waals surface area contributed by atoms with E-state index in [0.29, 0.717) is 19.7 Å². The molecule has 0 unspecified atom stereocenters. The highest BCUT2D eigenvalue weighted by molar-refractivity contribution is 9.10. The number of hydrogen-bond donors (Lipinski definition) is 1. The lowest BCUT2D eigenvalue weighted by molar-refractivity contribution is 0.293. The van der Waals surface area contributed by atoms with Crippen LogP contribution in [0, 0.1) is 0 Å². The lowest BCUT2D eigenvalue weighted by Gasteiger charge is -2.11. The Labute approximate surface area is 119 Å². The van der Waals surface area contributed by atoms with E-state index in [-0.39, 0.29) is 5.56 Å². The van der Waals surface area contributed by atoms with Crippen molar-refractivity contribution in [3.8, 4) is 5.75 Å². The molecule has 2 rings (SSSR count). The summed E-state index contributed by atoms with van der Waals surface area (Å²) in [5.41, 5.74) is 6.58. The molecule has 0 spiro atoms. The van der Waals surface area contributed by atoms with E-state index in [0.717, 1.165) is 15.8 Å². The van der Waals surface area contributed by atoms with E-state index in [1.54, 1.807) is 16.8 Å². The van der Waals surface area contributed by atoms with Gasteiger partial charge in [-0.25, -0.2) is 0 Å². The van der Waals surface area contributed by atoms with Gasteiger partial charge in [-0.2, -0.15) is 0 Å². The van der Waals surface area contributed by atoms with E-state index >= 15 is 0 Å². The van der Waals surface area contributed by atoms with Crippen LogP contribution >= 0.6 is 15.9 Å². The Morgan fingerprint density at radius 2 is 2.11 bits per heavy atom. The molecule has 0 aliphatic carbocycles. The Morgan fingerprint density at radius 1 is 1.26 bits per heavy atom. The molecule has 0 saturated carbocycles. The van der Waals surface area contributed by atoms with Gasteiger partial charge in [0.15, 0.2) is 0 Å². The zero-order valence-electron chi connectivity index (χ0n) is 10.4. The number of nitrogens with zero attached hydrogens (tertiary/aromatic N) is 1. The largest absolute Gasteiger partial charge is 0.491 e. The monoisotopic (exact) mass is 322 g/mol. The fourth-order valence-electron chi connectivity index (χ4n) is 1.75. The van der Waals surface area contributed by atoms with Gasteiger partial charge in [0.1, 0.15) is 12.4 Å². The molecule has 0 fully saturated rings. The van der Waals surface area contributed by atoms with E-state index in [9.17, 15) is 4.79 Å². The van der Waals surface area contributed by atoms with Gasteiger partial charge in [0.2, 0.25) is 0 Å². The highest BCUT2D eigenvalue weighted by Crippen LogP contribution is 2.22. The maximum absolute atomic E-state index is 11.5. The van der Waals surface area contributed by atoms with E-state index < -0.39 is 0 Å². The van der Waals surface area contributed by atoms with Crippen LogP contribution in [0.1, 0.15) is 5.56 Å². The number of aromatic nitrogens is 1. The molecule has 2 aromatic rings. The molecule has 0 saturated heterocycles. The van der Waals surface area contributed by atoms with E-state index in [1.807, 2.05) is 24.3 Å². The smallest absolute Gasteiger partial charge is 0.250 e. The second-order valence-corrected chi connectivity index (χ2v) is 4.95. The van der Waals surface area contributed by atoms with E-state index in [1.165, 1.54) is 6.07 Å². The number of benzene rings is 1. The van der Waals surface area contributed by atoms with Crippen LogP contribution in [-0.2, 0) is 13.1 Å². The van der Waals surface area contributed by atoms with Crippen molar-refractivity contribution in [3.63, 3.8) is 0 Å². The summed E-state index contributed by atoms with van der Waals surface area (Å²) in [7, 11) is 0. The third kappa shape index (κ3) is 3.68. The fourth-order valence-corrected chi connectivity index (χ4v) is 2.16. The summed E-state index contributed by atoms with van der Waals surface area (Å²) < 4.78 is 8.27. The van der Waals surface area contributed by atoms with Crippen molar-refractivity contribution in [2.45, 2.75) is 13.1 Å². The van der Waals surface area contributed by atoms with Crippen molar-refractivity contribution in [1.29, 1.82) is 0 Å². The molecule has 0 bridgehead atoms. The third-order valence-electron chi connectivity index (χ3n) is 2.73. The minimum atomic E-state index is -0.0269. The molecule has 0 radical (unpaired) electrons. The van der Waals surface area contributed by atoms with Gasteiger partial charge in [-0.1, -0.05) is 22.0 Å². The third-order valence-corrected chi connectivity index (χ3v) is 3.22. The van der Waals surface area contributed by atoms with Crippen LogP contribution in [0.5, 0.6) is 5.75 Å². The second-order valence-electron chi connectivity index (χ2n) is 4.04. The molecule has 0 amide bonds. The molecule has 0 atom stereocenters. The highest BCUT2D eigenvalue weighted by atomic mass is 79.9. The van der Waals surface area contributed by atoms with Crippen LogP contribution < -0.4 is 16.0 Å². The predicted octanol–water partition coefficient (Wildman–Crippen LogP) is 2.15. The first-order valence-corrected chi connectivity index (χ1v) is 6.77. The summed E-state index contributed by atoms with van der Waals surface area (Å²) in [6.45, 7) is 1.36. The van der Waals surface area contributed by atoms with Crippen molar-refractivity contribution in [1.82, 2.24) is 4.57 Å². The van der Waals surface area contributed by atoms with Crippen LogP contribution in [0.3, 0.4) is 0 Å². The molecular formula is C14H15BrN2O2. The molecule has 0 aliphatic heterocycles. The minimum Gasteiger partial charge on any atom is -0.491 e. The minimum absolute atomic E-state index is 0.0269. The molecule has 19 heavy (non-hydrogen) atoms. The average Bonchev–Trinajstić information content (AvgIpc) is 2.42. The zero-order valence-corrected chi connectivity index (χ0v) is 12.0. The van der Waals surface area contributed by atoms with Crippen molar-refractivity contribution >= 4 is 15.9 Å². The fraction of sp³-hybridized carbons (Fsp3) is 0.214. The second kappa shape index (κ2) is 6.54. The topological polar surface area (TPSA) is 57.2 Å². The maximum Gasteiger partial charge on any atom is 0.250 e. The summed E-state index contributed by atoms with van der Waals surface area (Å²) in [4.78, 5) is 11.5. The van der Waals surface area contributed by atoms with Gasteiger partial charge in [-0.15, -0.1) is 0 Å². The average molecular weight is 323 g/mol. The highest BCUT2D eigenvalue weighted by Gasteiger charge is 2.03. The first kappa shape index (κ1) is 13.8. The molecule has 1 heterocycles. The quantitative estimate of drug-likeness (QED) is 0.917. The van der Waals surface area contributed by atoms with Crippen LogP contribution in [0.2, 0.25) is 0 Å². The van der Waals surface area contributed by atoms with Gasteiger partial charge in [-0.3, -0.25) is 4.79 Å². The Morgan fingerprint density at radius 3 is 2.84 bits per heavy atom.